The standard InChI is InChI=1S/C18H26N2O6S/c1-12(21)19-14(8-10-27-4)17(22)20(18(23)24)9-7-13-5-6-15(25-2)16(11-13)26-3/h5-6,11,14H,7-10H2,1-4H3,(H,19,21)(H,23,24)/t14-/m0/s1. The van der Waals surface area contributed by atoms with Gasteiger partial charge in [0, 0.05) is 13.5 Å². The van der Waals surface area contributed by atoms with Crippen LogP contribution in [0.15, 0.2) is 18.2 Å². The number of methoxy groups -OCH3 is 2. The van der Waals surface area contributed by atoms with Gasteiger partial charge in [0.25, 0.3) is 5.91 Å². The fourth-order valence-electron chi connectivity index (χ4n) is 2.50. The van der Waals surface area contributed by atoms with Gasteiger partial charge in [-0.05, 0) is 42.5 Å². The van der Waals surface area contributed by atoms with Gasteiger partial charge in [0.05, 0.1) is 14.2 Å². The van der Waals surface area contributed by atoms with Crippen LogP contribution >= 0.6 is 11.8 Å². The first kappa shape index (κ1) is 22.6. The number of carboxylic acid groups (broad SMARTS) is 1. The predicted octanol–water partition coefficient (Wildman–Crippen LogP) is 2.01. The molecule has 0 aliphatic carbocycles. The Balaban J connectivity index is 2.89. The van der Waals surface area contributed by atoms with Crippen molar-refractivity contribution in [2.75, 3.05) is 32.8 Å². The smallest absolute Gasteiger partial charge is 0.414 e. The number of benzene rings is 1. The fourth-order valence-corrected chi connectivity index (χ4v) is 2.98. The Labute approximate surface area is 163 Å². The van der Waals surface area contributed by atoms with Crippen molar-refractivity contribution in [1.82, 2.24) is 10.2 Å². The zero-order chi connectivity index (χ0) is 20.4. The van der Waals surface area contributed by atoms with E-state index in [0.29, 0.717) is 30.1 Å². The summed E-state index contributed by atoms with van der Waals surface area (Å²) >= 11 is 1.52. The number of rotatable bonds is 10. The monoisotopic (exact) mass is 398 g/mol. The molecule has 0 saturated carbocycles. The zero-order valence-corrected chi connectivity index (χ0v) is 16.8. The minimum Gasteiger partial charge on any atom is -0.493 e. The van der Waals surface area contributed by atoms with Gasteiger partial charge in [-0.3, -0.25) is 9.59 Å². The number of nitrogens with one attached hydrogen (secondary N) is 1. The highest BCUT2D eigenvalue weighted by molar-refractivity contribution is 7.98. The molecule has 0 aliphatic rings. The average molecular weight is 398 g/mol. The van der Waals surface area contributed by atoms with E-state index in [0.717, 1.165) is 10.5 Å². The van der Waals surface area contributed by atoms with E-state index in [9.17, 15) is 19.5 Å². The van der Waals surface area contributed by atoms with Crippen LogP contribution in [0.3, 0.4) is 0 Å². The molecule has 27 heavy (non-hydrogen) atoms. The Hall–Kier alpha value is -2.42. The molecule has 0 radical (unpaired) electrons. The molecule has 0 saturated heterocycles. The molecule has 2 N–H and O–H groups in total. The van der Waals surface area contributed by atoms with Gasteiger partial charge in [0.2, 0.25) is 5.91 Å². The molecular formula is C18H26N2O6S. The van der Waals surface area contributed by atoms with Crippen LogP contribution in [-0.4, -0.2) is 66.7 Å². The third kappa shape index (κ3) is 7.01. The summed E-state index contributed by atoms with van der Waals surface area (Å²) in [5, 5.41) is 12.0. The SMILES string of the molecule is COc1ccc(CCN(C(=O)O)C(=O)[C@H](CCSC)NC(C)=O)cc1OC. The van der Waals surface area contributed by atoms with Crippen LogP contribution < -0.4 is 14.8 Å². The maximum atomic E-state index is 12.6. The molecular weight excluding hydrogens is 372 g/mol. The molecule has 0 aromatic heterocycles. The first-order valence-electron chi connectivity index (χ1n) is 8.35. The lowest BCUT2D eigenvalue weighted by Gasteiger charge is -2.24. The molecule has 8 nitrogen and oxygen atoms in total. The van der Waals surface area contributed by atoms with E-state index in [2.05, 4.69) is 5.32 Å². The van der Waals surface area contributed by atoms with E-state index in [1.54, 1.807) is 18.2 Å². The molecule has 0 aliphatic heterocycles. The predicted molar refractivity (Wildman–Crippen MR) is 104 cm³/mol. The van der Waals surface area contributed by atoms with Gasteiger partial charge in [-0.25, -0.2) is 9.69 Å². The second-order valence-electron chi connectivity index (χ2n) is 5.75. The van der Waals surface area contributed by atoms with Crippen molar-refractivity contribution in [2.45, 2.75) is 25.8 Å². The third-order valence-electron chi connectivity index (χ3n) is 3.86. The largest absolute Gasteiger partial charge is 0.493 e. The Morgan fingerprint density at radius 3 is 2.41 bits per heavy atom. The van der Waals surface area contributed by atoms with Crippen LogP contribution in [0.2, 0.25) is 0 Å². The maximum absolute atomic E-state index is 12.6. The van der Waals surface area contributed by atoms with E-state index in [4.69, 9.17) is 9.47 Å². The summed E-state index contributed by atoms with van der Waals surface area (Å²) in [6, 6.07) is 4.38. The number of nitrogens with zero attached hydrogens (tertiary/aromatic N) is 1. The van der Waals surface area contributed by atoms with Gasteiger partial charge in [0.15, 0.2) is 11.5 Å². The summed E-state index contributed by atoms with van der Waals surface area (Å²) in [7, 11) is 3.04. The Morgan fingerprint density at radius 1 is 1.22 bits per heavy atom. The molecule has 0 heterocycles. The highest BCUT2D eigenvalue weighted by Crippen LogP contribution is 2.27. The number of hydrogen-bond acceptors (Lipinski definition) is 6. The number of carbonyl (C=O) groups excluding carboxylic acids is 2. The molecule has 150 valence electrons. The second-order valence-corrected chi connectivity index (χ2v) is 6.73. The van der Waals surface area contributed by atoms with Crippen molar-refractivity contribution in [3.8, 4) is 11.5 Å². The van der Waals surface area contributed by atoms with Crippen LogP contribution in [0.1, 0.15) is 18.9 Å². The summed E-state index contributed by atoms with van der Waals surface area (Å²) in [6.07, 6.45) is 1.20. The summed E-state index contributed by atoms with van der Waals surface area (Å²) in [6.45, 7) is 1.27. The first-order valence-corrected chi connectivity index (χ1v) is 9.74. The minimum atomic E-state index is -1.35. The van der Waals surface area contributed by atoms with Crippen LogP contribution in [0, 0.1) is 0 Å². The zero-order valence-electron chi connectivity index (χ0n) is 16.0. The summed E-state index contributed by atoms with van der Waals surface area (Å²) < 4.78 is 10.4. The van der Waals surface area contributed by atoms with E-state index in [-0.39, 0.29) is 12.5 Å². The molecule has 1 rings (SSSR count). The molecule has 1 aromatic carbocycles. The molecule has 1 atom stereocenters. The quantitative estimate of drug-likeness (QED) is 0.621. The third-order valence-corrected chi connectivity index (χ3v) is 4.50. The van der Waals surface area contributed by atoms with Crippen molar-refractivity contribution >= 4 is 29.7 Å². The molecule has 0 bridgehead atoms. The van der Waals surface area contributed by atoms with Crippen molar-refractivity contribution in [3.05, 3.63) is 23.8 Å². The number of amides is 3. The molecule has 0 fully saturated rings. The van der Waals surface area contributed by atoms with Gasteiger partial charge in [-0.15, -0.1) is 0 Å². The number of hydrogen-bond donors (Lipinski definition) is 2. The first-order chi connectivity index (χ1) is 12.8. The lowest BCUT2D eigenvalue weighted by atomic mass is 10.1. The Kier molecular flexibility index (Phi) is 9.49. The van der Waals surface area contributed by atoms with Gasteiger partial charge in [0.1, 0.15) is 6.04 Å². The highest BCUT2D eigenvalue weighted by atomic mass is 32.2. The van der Waals surface area contributed by atoms with Gasteiger partial charge >= 0.3 is 6.09 Å². The van der Waals surface area contributed by atoms with Gasteiger partial charge in [-0.1, -0.05) is 6.07 Å². The van der Waals surface area contributed by atoms with Crippen LogP contribution in [0.25, 0.3) is 0 Å². The second kappa shape index (κ2) is 11.3. The lowest BCUT2D eigenvalue weighted by molar-refractivity contribution is -0.134. The molecule has 3 amide bonds. The van der Waals surface area contributed by atoms with E-state index >= 15 is 0 Å². The fraction of sp³-hybridized carbons (Fsp3) is 0.500. The topological polar surface area (TPSA) is 105 Å². The van der Waals surface area contributed by atoms with E-state index < -0.39 is 18.0 Å². The van der Waals surface area contributed by atoms with Crippen molar-refractivity contribution in [2.24, 2.45) is 0 Å². The highest BCUT2D eigenvalue weighted by Gasteiger charge is 2.29. The lowest BCUT2D eigenvalue weighted by Crippen LogP contribution is -2.50. The van der Waals surface area contributed by atoms with E-state index in [1.807, 2.05) is 6.26 Å². The molecule has 9 heteroatoms. The maximum Gasteiger partial charge on any atom is 0.414 e. The molecule has 0 unspecified atom stereocenters. The number of imide groups is 1. The number of ether oxygens (including phenoxy) is 2. The summed E-state index contributed by atoms with van der Waals surface area (Å²) in [5.74, 6) is 0.709. The number of carbonyl (C=O) groups is 3. The molecule has 0 spiro atoms. The van der Waals surface area contributed by atoms with Gasteiger partial charge < -0.3 is 19.9 Å². The Bertz CT molecular complexity index is 667. The van der Waals surface area contributed by atoms with Crippen LogP contribution in [-0.2, 0) is 16.0 Å². The van der Waals surface area contributed by atoms with Crippen molar-refractivity contribution in [1.29, 1.82) is 0 Å². The molecule has 1 aromatic rings. The Morgan fingerprint density at radius 2 is 1.89 bits per heavy atom. The van der Waals surface area contributed by atoms with Crippen molar-refractivity contribution < 1.29 is 29.0 Å². The van der Waals surface area contributed by atoms with E-state index in [1.165, 1.54) is 32.9 Å². The normalized spacial score (nSPS) is 11.4. The van der Waals surface area contributed by atoms with Crippen LogP contribution in [0.4, 0.5) is 4.79 Å². The summed E-state index contributed by atoms with van der Waals surface area (Å²) in [5.41, 5.74) is 0.798. The van der Waals surface area contributed by atoms with Gasteiger partial charge in [-0.2, -0.15) is 11.8 Å². The van der Waals surface area contributed by atoms with Crippen LogP contribution in [0.5, 0.6) is 11.5 Å². The minimum absolute atomic E-state index is 0.0288. The van der Waals surface area contributed by atoms with Crippen molar-refractivity contribution in [3.63, 3.8) is 0 Å². The number of thioether (sulfide) groups is 1. The average Bonchev–Trinajstić information content (AvgIpc) is 2.64. The summed E-state index contributed by atoms with van der Waals surface area (Å²) in [4.78, 5) is 36.4.